The Hall–Kier alpha value is -9.24. The number of likely N-dealkylation sites (tertiary alicyclic amines) is 1. The van der Waals surface area contributed by atoms with E-state index in [4.69, 9.17) is 15.9 Å². The molecule has 65 heavy (non-hydrogen) atoms. The molecule has 1 aliphatic rings. The van der Waals surface area contributed by atoms with E-state index in [-0.39, 0.29) is 30.0 Å². The molecule has 3 aromatic carbocycles. The summed E-state index contributed by atoms with van der Waals surface area (Å²) in [7, 11) is 0. The van der Waals surface area contributed by atoms with Crippen LogP contribution in [0.3, 0.4) is 0 Å². The zero-order chi connectivity index (χ0) is 47.3. The van der Waals surface area contributed by atoms with Gasteiger partial charge in [0, 0.05) is 55.9 Å². The van der Waals surface area contributed by atoms with Crippen molar-refractivity contribution in [1.82, 2.24) is 9.80 Å². The Bertz CT molecular complexity index is 2950. The quantitative estimate of drug-likeness (QED) is 0.216. The van der Waals surface area contributed by atoms with Gasteiger partial charge in [-0.1, -0.05) is 18.1 Å². The molecule has 1 atom stereocenters. The second-order valence-corrected chi connectivity index (χ2v) is 13.7. The van der Waals surface area contributed by atoms with Crippen LogP contribution in [-0.4, -0.2) is 58.9 Å². The fourth-order valence-corrected chi connectivity index (χ4v) is 5.59. The Balaban J connectivity index is 0.000000415. The monoisotopic (exact) mass is 856 g/mol. The minimum atomic E-state index is -1.06. The van der Waals surface area contributed by atoms with E-state index in [9.17, 15) is 23.9 Å². The van der Waals surface area contributed by atoms with Gasteiger partial charge in [-0.3, -0.25) is 14.4 Å². The maximum atomic E-state index is 13.4. The smallest absolute Gasteiger partial charge is 0.313 e. The summed E-state index contributed by atoms with van der Waals surface area (Å²) < 4.78 is 25.5. The predicted octanol–water partition coefficient (Wildman–Crippen LogP) is 6.71. The van der Waals surface area contributed by atoms with Crippen molar-refractivity contribution in [1.29, 1.82) is 0 Å². The highest BCUT2D eigenvalue weighted by Gasteiger charge is 2.33. The molecule has 0 aliphatic carbocycles. The first-order valence-corrected chi connectivity index (χ1v) is 19.9. The average molecular weight is 857 g/mol. The van der Waals surface area contributed by atoms with E-state index in [1.807, 2.05) is 13.8 Å². The van der Waals surface area contributed by atoms with Gasteiger partial charge in [-0.15, -0.1) is 6.42 Å². The van der Waals surface area contributed by atoms with Crippen LogP contribution in [0.15, 0.2) is 66.7 Å². The van der Waals surface area contributed by atoms with Crippen LogP contribution in [0.25, 0.3) is 0 Å². The number of ether oxygens (including phenoxy) is 2. The number of carboxylic acid groups (broad SMARTS) is 1. The fraction of sp³-hybridized carbons (Fsp3) is 0.232. The lowest BCUT2D eigenvalue weighted by molar-refractivity contribution is -0.142. The van der Waals surface area contributed by atoms with Gasteiger partial charge in [0.05, 0.1) is 17.8 Å². The number of carboxylic acids is 1. The SMILES string of the molecule is C#CC#CC#CC#CC#CC#CC#CC#CC#CC#CC#CC.CCN(CC)C(=O)C1CCN(C(=O)Cc2cc(Oc3ccc(F)cc3)cc(Oc3ccc(C(C)(C)C(=O)O)cc3)c2)C1. The van der Waals surface area contributed by atoms with E-state index < -0.39 is 11.4 Å². The largest absolute Gasteiger partial charge is 0.481 e. The normalized spacial score (nSPS) is 11.0. The fourth-order valence-electron chi connectivity index (χ4n) is 5.59. The number of carbonyl (C=O) groups excluding carboxylic acids is 2. The van der Waals surface area contributed by atoms with Crippen molar-refractivity contribution in [2.24, 2.45) is 5.92 Å². The summed E-state index contributed by atoms with van der Waals surface area (Å²) in [6.45, 7) is 11.1. The molecule has 1 aliphatic heterocycles. The first-order valence-electron chi connectivity index (χ1n) is 19.9. The third kappa shape index (κ3) is 18.1. The maximum absolute atomic E-state index is 13.4. The molecular weight excluding hydrogens is 816 g/mol. The van der Waals surface area contributed by atoms with Gasteiger partial charge in [0.2, 0.25) is 11.8 Å². The van der Waals surface area contributed by atoms with Crippen LogP contribution < -0.4 is 9.47 Å². The Morgan fingerprint density at radius 3 is 1.54 bits per heavy atom. The molecule has 1 unspecified atom stereocenters. The molecular formula is C56H41FN2O6. The number of benzene rings is 3. The van der Waals surface area contributed by atoms with Crippen molar-refractivity contribution in [2.75, 3.05) is 26.2 Å². The maximum Gasteiger partial charge on any atom is 0.313 e. The number of hydrogen-bond donors (Lipinski definition) is 1. The minimum absolute atomic E-state index is 0.0783. The van der Waals surface area contributed by atoms with Crippen LogP contribution in [-0.2, 0) is 26.2 Å². The lowest BCUT2D eigenvalue weighted by Crippen LogP contribution is -2.38. The number of hydrogen-bond acceptors (Lipinski definition) is 5. The summed E-state index contributed by atoms with van der Waals surface area (Å²) in [5.74, 6) is 52.1. The van der Waals surface area contributed by atoms with E-state index >= 15 is 0 Å². The average Bonchev–Trinajstić information content (AvgIpc) is 3.80. The second kappa shape index (κ2) is 27.6. The van der Waals surface area contributed by atoms with Crippen molar-refractivity contribution in [2.45, 2.75) is 52.9 Å². The number of carbonyl (C=O) groups is 3. The number of amides is 2. The Morgan fingerprint density at radius 1 is 0.692 bits per heavy atom. The minimum Gasteiger partial charge on any atom is -0.481 e. The Labute approximate surface area is 382 Å². The topological polar surface area (TPSA) is 96.4 Å². The summed E-state index contributed by atoms with van der Waals surface area (Å²) in [5.41, 5.74) is 0.224. The van der Waals surface area contributed by atoms with E-state index in [1.165, 1.54) is 24.3 Å². The highest BCUT2D eigenvalue weighted by molar-refractivity contribution is 5.83. The van der Waals surface area contributed by atoms with Crippen molar-refractivity contribution < 1.29 is 33.4 Å². The summed E-state index contributed by atoms with van der Waals surface area (Å²) >= 11 is 0. The molecule has 1 saturated heterocycles. The third-order valence-corrected chi connectivity index (χ3v) is 8.98. The van der Waals surface area contributed by atoms with Gasteiger partial charge in [-0.25, -0.2) is 4.39 Å². The van der Waals surface area contributed by atoms with Crippen molar-refractivity contribution in [3.63, 3.8) is 0 Å². The molecule has 4 rings (SSSR count). The van der Waals surface area contributed by atoms with Crippen molar-refractivity contribution in [3.8, 4) is 154 Å². The van der Waals surface area contributed by atoms with Crippen LogP contribution in [0.5, 0.6) is 23.0 Å². The van der Waals surface area contributed by atoms with Crippen LogP contribution in [0.4, 0.5) is 4.39 Å². The molecule has 8 nitrogen and oxygen atoms in total. The molecule has 1 N–H and O–H groups in total. The van der Waals surface area contributed by atoms with E-state index in [0.717, 1.165) is 0 Å². The standard InChI is InChI=1S/C33H37FN2O6.C23H4/c1-5-35(6-2)31(38)23-15-16-36(21-23)30(37)19-22-17-28(20-29(18-22)42-27-13-9-25(34)10-14-27)41-26-11-7-24(8-12-26)33(3,4)32(39)40;1-3-5-7-9-11-13-15-17-19-21-23-22-20-18-16-14-12-10-8-6-4-2/h7-14,17-18,20,23H,5-6,15-16,19,21H2,1-4H3,(H,39,40);1H,2H3. The molecule has 2 amide bonds. The number of rotatable bonds is 11. The van der Waals surface area contributed by atoms with Gasteiger partial charge >= 0.3 is 5.97 Å². The summed E-state index contributed by atoms with van der Waals surface area (Å²) in [4.78, 5) is 41.2. The van der Waals surface area contributed by atoms with Crippen LogP contribution >= 0.6 is 0 Å². The first kappa shape index (κ1) is 50.1. The lowest BCUT2D eigenvalue weighted by Gasteiger charge is -2.23. The highest BCUT2D eigenvalue weighted by atomic mass is 19.1. The van der Waals surface area contributed by atoms with E-state index in [2.05, 4.69) is 124 Å². The molecule has 1 fully saturated rings. The van der Waals surface area contributed by atoms with Crippen LogP contribution in [0, 0.1) is 142 Å². The van der Waals surface area contributed by atoms with Gasteiger partial charge in [0.15, 0.2) is 0 Å². The van der Waals surface area contributed by atoms with Crippen molar-refractivity contribution in [3.05, 3.63) is 83.7 Å². The molecule has 0 aromatic heterocycles. The molecule has 3 aromatic rings. The summed E-state index contributed by atoms with van der Waals surface area (Å²) in [6, 6.07) is 17.5. The van der Waals surface area contributed by atoms with Crippen molar-refractivity contribution >= 4 is 17.8 Å². The zero-order valence-corrected chi connectivity index (χ0v) is 36.5. The number of halogens is 1. The van der Waals surface area contributed by atoms with Gasteiger partial charge < -0.3 is 24.4 Å². The molecule has 0 saturated carbocycles. The van der Waals surface area contributed by atoms with Crippen LogP contribution in [0.1, 0.15) is 52.2 Å². The Kier molecular flexibility index (Phi) is 21.3. The highest BCUT2D eigenvalue weighted by Crippen LogP contribution is 2.33. The predicted molar refractivity (Wildman–Crippen MR) is 249 cm³/mol. The molecule has 9 heteroatoms. The van der Waals surface area contributed by atoms with Gasteiger partial charge in [-0.2, -0.15) is 0 Å². The molecule has 0 bridgehead atoms. The lowest BCUT2D eigenvalue weighted by atomic mass is 9.85. The summed E-state index contributed by atoms with van der Waals surface area (Å²) in [5, 5.41) is 9.52. The molecule has 1 heterocycles. The van der Waals surface area contributed by atoms with Gasteiger partial charge in [0.25, 0.3) is 0 Å². The third-order valence-electron chi connectivity index (χ3n) is 8.98. The number of terminal acetylenes is 1. The molecule has 318 valence electrons. The summed E-state index contributed by atoms with van der Waals surface area (Å²) in [6.07, 6.45) is 5.62. The first-order chi connectivity index (χ1) is 31.4. The molecule has 0 spiro atoms. The second-order valence-electron chi connectivity index (χ2n) is 13.7. The van der Waals surface area contributed by atoms with E-state index in [0.29, 0.717) is 66.7 Å². The van der Waals surface area contributed by atoms with Crippen LogP contribution in [0.2, 0.25) is 0 Å². The van der Waals surface area contributed by atoms with Gasteiger partial charge in [0.1, 0.15) is 28.8 Å². The van der Waals surface area contributed by atoms with Gasteiger partial charge in [-0.05, 0) is 195 Å². The Morgan fingerprint density at radius 2 is 1.12 bits per heavy atom. The number of aliphatic carboxylic acids is 1. The van der Waals surface area contributed by atoms with E-state index in [1.54, 1.807) is 73.0 Å². The molecule has 0 radical (unpaired) electrons. The zero-order valence-electron chi connectivity index (χ0n) is 36.5. The number of nitrogens with zero attached hydrogens (tertiary/aromatic N) is 2.